The molecule has 0 saturated heterocycles. The summed E-state index contributed by atoms with van der Waals surface area (Å²) in [7, 11) is 0. The summed E-state index contributed by atoms with van der Waals surface area (Å²) in [4.78, 5) is 26.3. The van der Waals surface area contributed by atoms with Crippen molar-refractivity contribution in [2.45, 2.75) is 322 Å². The first-order chi connectivity index (χ1) is 32.0. The minimum atomic E-state index is -0.791. The molecule has 382 valence electrons. The Bertz CT molecular complexity index is 1070. The summed E-state index contributed by atoms with van der Waals surface area (Å²) in [5.41, 5.74) is 0. The number of aliphatic hydroxyl groups is 2. The van der Waals surface area contributed by atoms with E-state index in [1.165, 1.54) is 193 Å². The number of aliphatic hydroxyl groups excluding tert-OH is 2. The first kappa shape index (κ1) is 63.1. The van der Waals surface area contributed by atoms with E-state index in [1.54, 1.807) is 0 Å². The molecule has 0 rings (SSSR count). The summed E-state index contributed by atoms with van der Waals surface area (Å²) in [6.45, 7) is 6.47. The molecule has 0 aliphatic rings. The molecule has 0 aliphatic heterocycles. The molecule has 65 heavy (non-hydrogen) atoms. The molecule has 1 amide bonds. The van der Waals surface area contributed by atoms with Crippen LogP contribution in [0.5, 0.6) is 0 Å². The molecule has 0 aromatic heterocycles. The Hall–Kier alpha value is -1.92. The summed E-state index contributed by atoms with van der Waals surface area (Å²) in [5, 5.41) is 23.9. The molecule has 0 fully saturated rings. The van der Waals surface area contributed by atoms with Crippen LogP contribution in [0, 0.1) is 0 Å². The molecule has 0 saturated carbocycles. The number of amides is 1. The van der Waals surface area contributed by atoms with Gasteiger partial charge >= 0.3 is 5.97 Å². The highest BCUT2D eigenvalue weighted by Crippen LogP contribution is 2.18. The Kier molecular flexibility index (Phi) is 51.5. The predicted molar refractivity (Wildman–Crippen MR) is 282 cm³/mol. The number of carbonyl (C=O) groups is 2. The van der Waals surface area contributed by atoms with E-state index in [4.69, 9.17) is 4.74 Å². The zero-order chi connectivity index (χ0) is 47.4. The van der Waals surface area contributed by atoms with Crippen molar-refractivity contribution in [2.24, 2.45) is 0 Å². The van der Waals surface area contributed by atoms with E-state index in [0.717, 1.165) is 64.2 Å². The molecule has 0 radical (unpaired) electrons. The number of nitrogens with one attached hydrogen (secondary N) is 1. The third-order valence-corrected chi connectivity index (χ3v) is 13.2. The number of esters is 1. The lowest BCUT2D eigenvalue weighted by Gasteiger charge is -2.24. The van der Waals surface area contributed by atoms with Crippen LogP contribution in [0.15, 0.2) is 36.5 Å². The number of hydrogen-bond acceptors (Lipinski definition) is 5. The monoisotopic (exact) mass is 914 g/mol. The van der Waals surface area contributed by atoms with Crippen LogP contribution in [0.4, 0.5) is 0 Å². The summed E-state index contributed by atoms with van der Waals surface area (Å²) < 4.78 is 5.95. The lowest BCUT2D eigenvalue weighted by atomic mass is 10.0. The highest BCUT2D eigenvalue weighted by atomic mass is 16.5. The van der Waals surface area contributed by atoms with E-state index in [1.807, 2.05) is 0 Å². The van der Waals surface area contributed by atoms with Crippen molar-refractivity contribution >= 4 is 11.9 Å². The van der Waals surface area contributed by atoms with Crippen molar-refractivity contribution in [3.63, 3.8) is 0 Å². The van der Waals surface area contributed by atoms with Gasteiger partial charge in [-0.3, -0.25) is 9.59 Å². The van der Waals surface area contributed by atoms with Crippen LogP contribution >= 0.6 is 0 Å². The van der Waals surface area contributed by atoms with Crippen molar-refractivity contribution in [3.8, 4) is 0 Å². The molecule has 0 aliphatic carbocycles. The fraction of sp³-hybridized carbons (Fsp3) is 0.864. The van der Waals surface area contributed by atoms with Gasteiger partial charge in [-0.05, 0) is 83.5 Å². The summed E-state index contributed by atoms with van der Waals surface area (Å²) in [6.07, 6.45) is 63.5. The predicted octanol–water partition coefficient (Wildman–Crippen LogP) is 17.6. The number of unbranched alkanes of at least 4 members (excludes halogenated alkanes) is 34. The molecule has 0 spiro atoms. The molecular weight excluding hydrogens is 803 g/mol. The maximum atomic E-state index is 13.3. The standard InChI is InChI=1S/C59H111NO5/c1-4-7-10-13-16-19-22-25-28-31-33-36-39-42-45-48-51-57(62)56(54-61)60-58(63)53-55(50-47-44-41-38-35-32-29-26-23-20-17-14-11-8-5-2)65-59(64)52-49-46-43-40-37-34-30-27-24-21-18-15-12-9-6-3/h17,20-21,24,26,29,55-57,61-62H,4-16,18-19,22-23,25,27-28,30-54H2,1-3H3,(H,60,63)/b20-17-,24-21-,29-26-. The molecule has 3 unspecified atom stereocenters. The summed E-state index contributed by atoms with van der Waals surface area (Å²) in [5.74, 6) is -0.480. The van der Waals surface area contributed by atoms with Crippen LogP contribution in [0.3, 0.4) is 0 Å². The maximum Gasteiger partial charge on any atom is 0.306 e. The van der Waals surface area contributed by atoms with Gasteiger partial charge in [0.15, 0.2) is 0 Å². The van der Waals surface area contributed by atoms with Gasteiger partial charge in [0.25, 0.3) is 0 Å². The Morgan fingerprint density at radius 1 is 0.446 bits per heavy atom. The van der Waals surface area contributed by atoms with Gasteiger partial charge in [-0.15, -0.1) is 0 Å². The molecule has 0 aromatic rings. The number of ether oxygens (including phenoxy) is 1. The lowest BCUT2D eigenvalue weighted by Crippen LogP contribution is -2.46. The van der Waals surface area contributed by atoms with Gasteiger partial charge in [0.05, 0.1) is 25.2 Å². The van der Waals surface area contributed by atoms with Gasteiger partial charge < -0.3 is 20.3 Å². The van der Waals surface area contributed by atoms with Crippen LogP contribution in [-0.2, 0) is 14.3 Å². The molecule has 6 nitrogen and oxygen atoms in total. The quantitative estimate of drug-likeness (QED) is 0.0321. The van der Waals surface area contributed by atoms with Gasteiger partial charge in [-0.25, -0.2) is 0 Å². The minimum absolute atomic E-state index is 0.0693. The van der Waals surface area contributed by atoms with E-state index in [9.17, 15) is 19.8 Å². The van der Waals surface area contributed by atoms with Crippen molar-refractivity contribution < 1.29 is 24.5 Å². The largest absolute Gasteiger partial charge is 0.462 e. The van der Waals surface area contributed by atoms with Gasteiger partial charge in [0.2, 0.25) is 5.91 Å². The molecule has 3 N–H and O–H groups in total. The second-order valence-corrected chi connectivity index (χ2v) is 19.7. The number of hydrogen-bond donors (Lipinski definition) is 3. The van der Waals surface area contributed by atoms with E-state index in [2.05, 4.69) is 62.5 Å². The molecule has 3 atom stereocenters. The Morgan fingerprint density at radius 2 is 0.785 bits per heavy atom. The van der Waals surface area contributed by atoms with Gasteiger partial charge in [0.1, 0.15) is 6.10 Å². The lowest BCUT2D eigenvalue weighted by molar-refractivity contribution is -0.151. The van der Waals surface area contributed by atoms with E-state index in [-0.39, 0.29) is 24.9 Å². The fourth-order valence-corrected chi connectivity index (χ4v) is 8.81. The second kappa shape index (κ2) is 53.0. The van der Waals surface area contributed by atoms with Crippen LogP contribution in [-0.4, -0.2) is 46.9 Å². The molecule has 0 aromatic carbocycles. The van der Waals surface area contributed by atoms with Crippen LogP contribution in [0.1, 0.15) is 303 Å². The molecule has 0 heterocycles. The van der Waals surface area contributed by atoms with Crippen LogP contribution in [0.25, 0.3) is 0 Å². The molecule has 0 bridgehead atoms. The topological polar surface area (TPSA) is 95.9 Å². The number of rotatable bonds is 52. The van der Waals surface area contributed by atoms with Crippen molar-refractivity contribution in [1.82, 2.24) is 5.32 Å². The molecular formula is C59H111NO5. The fourth-order valence-electron chi connectivity index (χ4n) is 8.81. The average Bonchev–Trinajstić information content (AvgIpc) is 3.30. The van der Waals surface area contributed by atoms with Crippen LogP contribution in [0.2, 0.25) is 0 Å². The van der Waals surface area contributed by atoms with Crippen molar-refractivity contribution in [1.29, 1.82) is 0 Å². The third kappa shape index (κ3) is 48.3. The van der Waals surface area contributed by atoms with Gasteiger partial charge in [-0.1, -0.05) is 243 Å². The van der Waals surface area contributed by atoms with E-state index < -0.39 is 18.2 Å². The van der Waals surface area contributed by atoms with Crippen LogP contribution < -0.4 is 5.32 Å². The highest BCUT2D eigenvalue weighted by molar-refractivity contribution is 5.77. The minimum Gasteiger partial charge on any atom is -0.462 e. The first-order valence-electron chi connectivity index (χ1n) is 28.7. The smallest absolute Gasteiger partial charge is 0.306 e. The zero-order valence-corrected chi connectivity index (χ0v) is 43.6. The number of carbonyl (C=O) groups excluding carboxylic acids is 2. The normalized spacial score (nSPS) is 13.4. The SMILES string of the molecule is CCCCC/C=C\C/C=C\CCCCCCCC(CC(=O)NC(CO)C(O)CCCCCCCCCCCCCCCCCC)OC(=O)CCCCCCCCC/C=C\CCCCCC. The summed E-state index contributed by atoms with van der Waals surface area (Å²) >= 11 is 0. The Labute approximate surface area is 404 Å². The second-order valence-electron chi connectivity index (χ2n) is 19.7. The molecule has 6 heteroatoms. The Balaban J connectivity index is 4.55. The van der Waals surface area contributed by atoms with Crippen molar-refractivity contribution in [3.05, 3.63) is 36.5 Å². The van der Waals surface area contributed by atoms with Gasteiger partial charge in [-0.2, -0.15) is 0 Å². The van der Waals surface area contributed by atoms with E-state index >= 15 is 0 Å². The maximum absolute atomic E-state index is 13.3. The Morgan fingerprint density at radius 3 is 1.23 bits per heavy atom. The third-order valence-electron chi connectivity index (χ3n) is 13.2. The van der Waals surface area contributed by atoms with E-state index in [0.29, 0.717) is 19.3 Å². The van der Waals surface area contributed by atoms with Gasteiger partial charge in [0, 0.05) is 6.42 Å². The summed E-state index contributed by atoms with van der Waals surface area (Å²) in [6, 6.07) is -0.706. The average molecular weight is 915 g/mol. The van der Waals surface area contributed by atoms with Crippen molar-refractivity contribution in [2.75, 3.05) is 6.61 Å². The highest BCUT2D eigenvalue weighted by Gasteiger charge is 2.24. The zero-order valence-electron chi connectivity index (χ0n) is 43.6. The first-order valence-corrected chi connectivity index (χ1v) is 28.7. The number of allylic oxidation sites excluding steroid dienone is 6.